The van der Waals surface area contributed by atoms with Gasteiger partial charge in [0.2, 0.25) is 0 Å². The van der Waals surface area contributed by atoms with Crippen LogP contribution in [0.5, 0.6) is 0 Å². The molecule has 0 aromatic carbocycles. The van der Waals surface area contributed by atoms with Crippen molar-refractivity contribution in [3.63, 3.8) is 0 Å². The van der Waals surface area contributed by atoms with Crippen molar-refractivity contribution < 1.29 is 4.74 Å². The standard InChI is InChI=1S/C17H28N2O/c1-16(2)9-12(18)11-6-7-19(13(11)10-16)14-8-15(20-5)17(14,3)4/h6-7,12,14-15H,8-10,18H2,1-5H3. The number of ether oxygens (including phenoxy) is 1. The molecule has 0 spiro atoms. The number of hydrogen-bond donors (Lipinski definition) is 1. The maximum atomic E-state index is 6.38. The van der Waals surface area contributed by atoms with E-state index in [9.17, 15) is 0 Å². The van der Waals surface area contributed by atoms with Gasteiger partial charge < -0.3 is 15.0 Å². The zero-order valence-corrected chi connectivity index (χ0v) is 13.4. The normalized spacial score (nSPS) is 34.4. The highest BCUT2D eigenvalue weighted by Crippen LogP contribution is 2.53. The van der Waals surface area contributed by atoms with Crippen molar-refractivity contribution in [2.24, 2.45) is 16.6 Å². The monoisotopic (exact) mass is 276 g/mol. The molecule has 2 aliphatic carbocycles. The maximum Gasteiger partial charge on any atom is 0.0662 e. The minimum absolute atomic E-state index is 0.191. The number of fused-ring (bicyclic) bond motifs is 1. The fourth-order valence-electron chi connectivity index (χ4n) is 4.29. The van der Waals surface area contributed by atoms with E-state index in [4.69, 9.17) is 10.5 Å². The van der Waals surface area contributed by atoms with Gasteiger partial charge in [-0.1, -0.05) is 27.7 Å². The molecule has 1 aromatic rings. The Balaban J connectivity index is 1.95. The van der Waals surface area contributed by atoms with Gasteiger partial charge in [-0.3, -0.25) is 0 Å². The summed E-state index contributed by atoms with van der Waals surface area (Å²) in [4.78, 5) is 0. The van der Waals surface area contributed by atoms with Crippen molar-refractivity contribution >= 4 is 0 Å². The summed E-state index contributed by atoms with van der Waals surface area (Å²) in [5, 5.41) is 0. The molecule has 3 heteroatoms. The molecule has 3 unspecified atom stereocenters. The molecule has 3 atom stereocenters. The Labute approximate surface area is 122 Å². The Hall–Kier alpha value is -0.800. The van der Waals surface area contributed by atoms with Crippen molar-refractivity contribution in [3.8, 4) is 0 Å². The smallest absolute Gasteiger partial charge is 0.0662 e. The number of aromatic nitrogens is 1. The molecule has 2 N–H and O–H groups in total. The molecule has 112 valence electrons. The summed E-state index contributed by atoms with van der Waals surface area (Å²) < 4.78 is 8.09. The summed E-state index contributed by atoms with van der Waals surface area (Å²) in [7, 11) is 1.83. The van der Waals surface area contributed by atoms with Crippen molar-refractivity contribution in [3.05, 3.63) is 23.5 Å². The maximum absolute atomic E-state index is 6.38. The SMILES string of the molecule is COC1CC(n2ccc3c2CC(C)(C)CC3N)C1(C)C. The van der Waals surface area contributed by atoms with E-state index >= 15 is 0 Å². The summed E-state index contributed by atoms with van der Waals surface area (Å²) in [5.74, 6) is 0. The van der Waals surface area contributed by atoms with E-state index in [0.717, 1.165) is 19.3 Å². The average molecular weight is 276 g/mol. The summed E-state index contributed by atoms with van der Waals surface area (Å²) in [6.45, 7) is 9.29. The highest BCUT2D eigenvalue weighted by Gasteiger charge is 2.50. The van der Waals surface area contributed by atoms with Crippen molar-refractivity contribution in [2.45, 2.75) is 65.1 Å². The van der Waals surface area contributed by atoms with Crippen LogP contribution in [-0.4, -0.2) is 17.8 Å². The van der Waals surface area contributed by atoms with E-state index in [0.29, 0.717) is 17.6 Å². The Morgan fingerprint density at radius 2 is 2.00 bits per heavy atom. The lowest BCUT2D eigenvalue weighted by Gasteiger charge is -2.52. The Morgan fingerprint density at radius 3 is 2.60 bits per heavy atom. The second-order valence-electron chi connectivity index (χ2n) is 8.07. The lowest BCUT2D eigenvalue weighted by molar-refractivity contribution is -0.113. The van der Waals surface area contributed by atoms with Crippen LogP contribution in [0.2, 0.25) is 0 Å². The molecular formula is C17H28N2O. The minimum atomic E-state index is 0.191. The van der Waals surface area contributed by atoms with Crippen LogP contribution in [-0.2, 0) is 11.2 Å². The van der Waals surface area contributed by atoms with Crippen LogP contribution in [0.1, 0.15) is 63.9 Å². The van der Waals surface area contributed by atoms with Gasteiger partial charge in [-0.25, -0.2) is 0 Å². The van der Waals surface area contributed by atoms with E-state index in [1.807, 2.05) is 7.11 Å². The molecule has 0 amide bonds. The van der Waals surface area contributed by atoms with Gasteiger partial charge in [0.05, 0.1) is 6.10 Å². The minimum Gasteiger partial charge on any atom is -0.381 e. The highest BCUT2D eigenvalue weighted by atomic mass is 16.5. The third-order valence-corrected chi connectivity index (χ3v) is 5.62. The first-order chi connectivity index (χ1) is 9.26. The van der Waals surface area contributed by atoms with Crippen LogP contribution in [0.3, 0.4) is 0 Å². The molecule has 1 saturated carbocycles. The highest BCUT2D eigenvalue weighted by molar-refractivity contribution is 5.31. The van der Waals surface area contributed by atoms with E-state index in [2.05, 4.69) is 44.5 Å². The molecule has 1 fully saturated rings. The molecule has 20 heavy (non-hydrogen) atoms. The second kappa shape index (κ2) is 4.35. The van der Waals surface area contributed by atoms with Crippen LogP contribution in [0.25, 0.3) is 0 Å². The predicted molar refractivity (Wildman–Crippen MR) is 81.7 cm³/mol. The van der Waals surface area contributed by atoms with Gasteiger partial charge in [0.1, 0.15) is 0 Å². The molecule has 0 bridgehead atoms. The molecule has 0 aliphatic heterocycles. The van der Waals surface area contributed by atoms with Crippen molar-refractivity contribution in [2.75, 3.05) is 7.11 Å². The fourth-order valence-corrected chi connectivity index (χ4v) is 4.29. The molecule has 1 aromatic heterocycles. The van der Waals surface area contributed by atoms with Gasteiger partial charge >= 0.3 is 0 Å². The molecule has 2 aliphatic rings. The number of nitrogens with zero attached hydrogens (tertiary/aromatic N) is 1. The Morgan fingerprint density at radius 1 is 1.30 bits per heavy atom. The zero-order chi connectivity index (χ0) is 14.7. The first kappa shape index (κ1) is 14.2. The van der Waals surface area contributed by atoms with Gasteiger partial charge in [0, 0.05) is 36.5 Å². The third kappa shape index (κ3) is 1.94. The van der Waals surface area contributed by atoms with E-state index < -0.39 is 0 Å². The molecule has 1 heterocycles. The molecule has 3 nitrogen and oxygen atoms in total. The topological polar surface area (TPSA) is 40.2 Å². The van der Waals surface area contributed by atoms with Gasteiger partial charge in [-0.2, -0.15) is 0 Å². The zero-order valence-electron chi connectivity index (χ0n) is 13.4. The Kier molecular flexibility index (Phi) is 3.07. The molecule has 0 radical (unpaired) electrons. The molecule has 3 rings (SSSR count). The third-order valence-electron chi connectivity index (χ3n) is 5.62. The summed E-state index contributed by atoms with van der Waals surface area (Å²) in [5.41, 5.74) is 9.70. The van der Waals surface area contributed by atoms with E-state index in [1.165, 1.54) is 11.3 Å². The number of methoxy groups -OCH3 is 1. The number of rotatable bonds is 2. The lowest BCUT2D eigenvalue weighted by Crippen LogP contribution is -2.51. The van der Waals surface area contributed by atoms with Crippen molar-refractivity contribution in [1.29, 1.82) is 0 Å². The van der Waals surface area contributed by atoms with Crippen LogP contribution >= 0.6 is 0 Å². The van der Waals surface area contributed by atoms with Crippen LogP contribution in [0, 0.1) is 10.8 Å². The quantitative estimate of drug-likeness (QED) is 0.898. The second-order valence-corrected chi connectivity index (χ2v) is 8.07. The van der Waals surface area contributed by atoms with Gasteiger partial charge in [0.15, 0.2) is 0 Å². The average Bonchev–Trinajstić information content (AvgIpc) is 2.70. The summed E-state index contributed by atoms with van der Waals surface area (Å²) in [6, 6.07) is 2.97. The predicted octanol–water partition coefficient (Wildman–Crippen LogP) is 3.45. The first-order valence-electron chi connectivity index (χ1n) is 7.74. The van der Waals surface area contributed by atoms with Crippen molar-refractivity contribution in [1.82, 2.24) is 4.57 Å². The number of hydrogen-bond acceptors (Lipinski definition) is 2. The summed E-state index contributed by atoms with van der Waals surface area (Å²) >= 11 is 0. The summed E-state index contributed by atoms with van der Waals surface area (Å²) in [6.07, 6.45) is 5.95. The Bertz CT molecular complexity index is 515. The van der Waals surface area contributed by atoms with E-state index in [-0.39, 0.29) is 11.5 Å². The van der Waals surface area contributed by atoms with Gasteiger partial charge in [0.25, 0.3) is 0 Å². The lowest BCUT2D eigenvalue weighted by atomic mass is 9.64. The van der Waals surface area contributed by atoms with E-state index in [1.54, 1.807) is 0 Å². The van der Waals surface area contributed by atoms with Gasteiger partial charge in [-0.05, 0) is 36.3 Å². The molecule has 0 saturated heterocycles. The van der Waals surface area contributed by atoms with Gasteiger partial charge in [-0.15, -0.1) is 0 Å². The number of nitrogens with two attached hydrogens (primary N) is 1. The van der Waals surface area contributed by atoms with Crippen LogP contribution in [0.4, 0.5) is 0 Å². The largest absolute Gasteiger partial charge is 0.381 e. The first-order valence-corrected chi connectivity index (χ1v) is 7.74. The van der Waals surface area contributed by atoms with Crippen LogP contribution < -0.4 is 5.73 Å². The van der Waals surface area contributed by atoms with Crippen LogP contribution in [0.15, 0.2) is 12.3 Å². The molecular weight excluding hydrogens is 248 g/mol. The fraction of sp³-hybridized carbons (Fsp3) is 0.765.